The molecule has 3 N–H and O–H groups in total. The van der Waals surface area contributed by atoms with Gasteiger partial charge in [0.25, 0.3) is 5.91 Å². The molecule has 9 nitrogen and oxygen atoms in total. The minimum absolute atomic E-state index is 0.147. The number of rotatable bonds is 6. The first-order valence-corrected chi connectivity index (χ1v) is 11.1. The average Bonchev–Trinajstić information content (AvgIpc) is 3.48. The molecule has 1 unspecified atom stereocenters. The number of hydrogen-bond acceptors (Lipinski definition) is 6. The molecule has 2 amide bonds. The number of benzene rings is 3. The number of aromatic amines is 1. The van der Waals surface area contributed by atoms with Crippen molar-refractivity contribution in [2.45, 2.75) is 19.4 Å². The van der Waals surface area contributed by atoms with Crippen LogP contribution in [-0.4, -0.2) is 44.2 Å². The fourth-order valence-corrected chi connectivity index (χ4v) is 3.98. The Hall–Kier alpha value is -4.66. The molecular formula is C26H23N5O4. The van der Waals surface area contributed by atoms with E-state index in [0.29, 0.717) is 29.4 Å². The molecule has 0 saturated heterocycles. The second kappa shape index (κ2) is 9.30. The Bertz CT molecular complexity index is 1380. The van der Waals surface area contributed by atoms with Crippen molar-refractivity contribution >= 4 is 34.2 Å². The molecule has 0 radical (unpaired) electrons. The predicted molar refractivity (Wildman–Crippen MR) is 131 cm³/mol. The van der Waals surface area contributed by atoms with Gasteiger partial charge in [0, 0.05) is 19.0 Å². The lowest BCUT2D eigenvalue weighted by molar-refractivity contribution is -0.135. The van der Waals surface area contributed by atoms with E-state index in [1.807, 2.05) is 24.3 Å². The third-order valence-corrected chi connectivity index (χ3v) is 5.64. The molecule has 1 aromatic heterocycles. The fourth-order valence-electron chi connectivity index (χ4n) is 3.98. The van der Waals surface area contributed by atoms with Gasteiger partial charge in [0.2, 0.25) is 5.91 Å². The quantitative estimate of drug-likeness (QED) is 0.395. The van der Waals surface area contributed by atoms with Crippen LogP contribution in [0.2, 0.25) is 0 Å². The number of imidazole rings is 1. The van der Waals surface area contributed by atoms with Crippen molar-refractivity contribution in [3.05, 3.63) is 84.2 Å². The van der Waals surface area contributed by atoms with Gasteiger partial charge in [-0.15, -0.1) is 0 Å². The van der Waals surface area contributed by atoms with Crippen molar-refractivity contribution in [3.8, 4) is 11.5 Å². The van der Waals surface area contributed by atoms with Crippen LogP contribution in [0.5, 0.6) is 11.5 Å². The van der Waals surface area contributed by atoms with Crippen molar-refractivity contribution in [2.75, 3.05) is 11.9 Å². The number of hydrazone groups is 1. The highest BCUT2D eigenvalue weighted by molar-refractivity contribution is 6.02. The number of aromatic nitrogens is 2. The van der Waals surface area contributed by atoms with Crippen molar-refractivity contribution < 1.29 is 19.4 Å². The lowest BCUT2D eigenvalue weighted by atomic mass is 10.0. The number of aromatic hydroxyl groups is 1. The third-order valence-electron chi connectivity index (χ3n) is 5.64. The molecule has 1 atom stereocenters. The Morgan fingerprint density at radius 3 is 2.54 bits per heavy atom. The number of anilines is 1. The van der Waals surface area contributed by atoms with Gasteiger partial charge in [-0.1, -0.05) is 24.3 Å². The van der Waals surface area contributed by atoms with Crippen LogP contribution >= 0.6 is 0 Å². The van der Waals surface area contributed by atoms with Gasteiger partial charge in [-0.2, -0.15) is 5.10 Å². The van der Waals surface area contributed by atoms with Crippen LogP contribution < -0.4 is 10.1 Å². The third kappa shape index (κ3) is 4.84. The Morgan fingerprint density at radius 1 is 1.09 bits per heavy atom. The lowest BCUT2D eigenvalue weighted by Gasteiger charge is -2.22. The number of carbonyl (C=O) groups is 2. The van der Waals surface area contributed by atoms with Crippen LogP contribution in [0.4, 0.5) is 5.69 Å². The first kappa shape index (κ1) is 22.1. The SMILES string of the molecule is CC(=O)Nc1ccc(OCC(=O)N2N=C(c3nc4ccccc4[nH]3)CC2c2ccc(O)cc2)cc1. The molecule has 2 heterocycles. The van der Waals surface area contributed by atoms with Gasteiger partial charge in [0.1, 0.15) is 17.2 Å². The summed E-state index contributed by atoms with van der Waals surface area (Å²) in [5, 5.41) is 18.4. The van der Waals surface area contributed by atoms with E-state index in [4.69, 9.17) is 4.74 Å². The van der Waals surface area contributed by atoms with Gasteiger partial charge in [-0.25, -0.2) is 9.99 Å². The summed E-state index contributed by atoms with van der Waals surface area (Å²) < 4.78 is 5.70. The van der Waals surface area contributed by atoms with E-state index in [9.17, 15) is 14.7 Å². The second-order valence-electron chi connectivity index (χ2n) is 8.19. The summed E-state index contributed by atoms with van der Waals surface area (Å²) in [7, 11) is 0. The number of carbonyl (C=O) groups excluding carboxylic acids is 2. The first-order chi connectivity index (χ1) is 17.0. The summed E-state index contributed by atoms with van der Waals surface area (Å²) in [5.41, 5.74) is 3.85. The number of phenolic OH excluding ortho intramolecular Hbond substituents is 1. The maximum atomic E-state index is 13.2. The van der Waals surface area contributed by atoms with Gasteiger partial charge < -0.3 is 20.1 Å². The summed E-state index contributed by atoms with van der Waals surface area (Å²) in [6.07, 6.45) is 0.460. The van der Waals surface area contributed by atoms with Gasteiger partial charge in [0.05, 0.1) is 17.1 Å². The normalized spacial score (nSPS) is 15.2. The van der Waals surface area contributed by atoms with E-state index in [1.54, 1.807) is 48.5 Å². The maximum absolute atomic E-state index is 13.2. The predicted octanol–water partition coefficient (Wildman–Crippen LogP) is 3.98. The van der Waals surface area contributed by atoms with E-state index >= 15 is 0 Å². The van der Waals surface area contributed by atoms with Crippen LogP contribution in [0.15, 0.2) is 77.9 Å². The minimum Gasteiger partial charge on any atom is -0.508 e. The van der Waals surface area contributed by atoms with Crippen LogP contribution in [-0.2, 0) is 9.59 Å². The zero-order valence-electron chi connectivity index (χ0n) is 18.9. The van der Waals surface area contributed by atoms with E-state index < -0.39 is 0 Å². The van der Waals surface area contributed by atoms with Crippen molar-refractivity contribution in [2.24, 2.45) is 5.10 Å². The molecule has 0 fully saturated rings. The smallest absolute Gasteiger partial charge is 0.281 e. The molecule has 176 valence electrons. The van der Waals surface area contributed by atoms with Crippen molar-refractivity contribution in [1.82, 2.24) is 15.0 Å². The maximum Gasteiger partial charge on any atom is 0.281 e. The molecule has 1 aliphatic heterocycles. The average molecular weight is 470 g/mol. The summed E-state index contributed by atoms with van der Waals surface area (Å²) in [4.78, 5) is 32.3. The summed E-state index contributed by atoms with van der Waals surface area (Å²) in [6, 6.07) is 20.8. The van der Waals surface area contributed by atoms with E-state index in [0.717, 1.165) is 16.6 Å². The second-order valence-corrected chi connectivity index (χ2v) is 8.19. The molecular weight excluding hydrogens is 446 g/mol. The fraction of sp³-hybridized carbons (Fsp3) is 0.154. The van der Waals surface area contributed by atoms with E-state index in [1.165, 1.54) is 11.9 Å². The molecule has 9 heteroatoms. The van der Waals surface area contributed by atoms with Gasteiger partial charge in [-0.3, -0.25) is 9.59 Å². The number of nitrogens with zero attached hydrogens (tertiary/aromatic N) is 3. The van der Waals surface area contributed by atoms with Crippen LogP contribution in [0, 0.1) is 0 Å². The highest BCUT2D eigenvalue weighted by Crippen LogP contribution is 2.33. The van der Waals surface area contributed by atoms with Gasteiger partial charge >= 0.3 is 0 Å². The zero-order chi connectivity index (χ0) is 24.4. The summed E-state index contributed by atoms with van der Waals surface area (Å²) in [5.74, 6) is 0.768. The highest BCUT2D eigenvalue weighted by atomic mass is 16.5. The van der Waals surface area contributed by atoms with Crippen LogP contribution in [0.1, 0.15) is 30.8 Å². The number of amides is 2. The Labute approximate surface area is 201 Å². The van der Waals surface area contributed by atoms with Gasteiger partial charge in [-0.05, 0) is 54.1 Å². The van der Waals surface area contributed by atoms with Gasteiger partial charge in [0.15, 0.2) is 12.4 Å². The Morgan fingerprint density at radius 2 is 1.83 bits per heavy atom. The molecule has 4 aromatic rings. The van der Waals surface area contributed by atoms with E-state index in [2.05, 4.69) is 20.4 Å². The summed E-state index contributed by atoms with van der Waals surface area (Å²) in [6.45, 7) is 1.22. The monoisotopic (exact) mass is 469 g/mol. The number of nitrogens with one attached hydrogen (secondary N) is 2. The molecule has 1 aliphatic rings. The summed E-state index contributed by atoms with van der Waals surface area (Å²) >= 11 is 0. The van der Waals surface area contributed by atoms with Crippen molar-refractivity contribution in [3.63, 3.8) is 0 Å². The number of phenols is 1. The van der Waals surface area contributed by atoms with E-state index in [-0.39, 0.29) is 30.2 Å². The number of para-hydroxylation sites is 2. The minimum atomic E-state index is -0.364. The zero-order valence-corrected chi connectivity index (χ0v) is 18.9. The standard InChI is InChI=1S/C26H23N5O4/c1-16(32)27-18-8-12-20(13-9-18)35-15-25(34)31-24(17-6-10-19(33)11-7-17)14-23(30-31)26-28-21-4-2-3-5-22(21)29-26/h2-13,24,33H,14-15H2,1H3,(H,27,32)(H,28,29). The Balaban J connectivity index is 1.37. The largest absolute Gasteiger partial charge is 0.508 e. The molecule has 0 aliphatic carbocycles. The topological polar surface area (TPSA) is 120 Å². The first-order valence-electron chi connectivity index (χ1n) is 11.1. The molecule has 0 bridgehead atoms. The lowest BCUT2D eigenvalue weighted by Crippen LogP contribution is -2.31. The molecule has 0 spiro atoms. The number of ether oxygens (including phenoxy) is 1. The highest BCUT2D eigenvalue weighted by Gasteiger charge is 2.34. The molecule has 35 heavy (non-hydrogen) atoms. The van der Waals surface area contributed by atoms with Crippen LogP contribution in [0.25, 0.3) is 11.0 Å². The molecule has 0 saturated carbocycles. The molecule has 3 aromatic carbocycles. The number of hydrogen-bond donors (Lipinski definition) is 3. The number of H-pyrrole nitrogens is 1. The molecule has 5 rings (SSSR count). The van der Waals surface area contributed by atoms with Crippen molar-refractivity contribution in [1.29, 1.82) is 0 Å². The Kier molecular flexibility index (Phi) is 5.88. The number of fused-ring (bicyclic) bond motifs is 1. The van der Waals surface area contributed by atoms with Crippen LogP contribution in [0.3, 0.4) is 0 Å².